The number of aromatic amines is 1. The molecule has 1 heterocycles. The van der Waals surface area contributed by atoms with Crippen molar-refractivity contribution in [1.82, 2.24) is 10.3 Å². The van der Waals surface area contributed by atoms with Crippen LogP contribution in [0.1, 0.15) is 36.0 Å². The Hall–Kier alpha value is -1.23. The average molecular weight is 266 g/mol. The van der Waals surface area contributed by atoms with Crippen LogP contribution in [0, 0.1) is 0 Å². The Labute approximate surface area is 111 Å². The number of carbonyl (C=O) groups is 1. The number of amides is 1. The zero-order valence-corrected chi connectivity index (χ0v) is 11.3. The number of nitrogens with one attached hydrogen (secondary N) is 2. The van der Waals surface area contributed by atoms with Crippen molar-refractivity contribution in [1.29, 1.82) is 0 Å². The number of rotatable bonds is 4. The summed E-state index contributed by atoms with van der Waals surface area (Å²) in [6.07, 6.45) is 8.39. The van der Waals surface area contributed by atoms with E-state index in [4.69, 9.17) is 0 Å². The smallest absolute Gasteiger partial charge is 0.252 e. The van der Waals surface area contributed by atoms with Gasteiger partial charge in [0.15, 0.2) is 0 Å². The van der Waals surface area contributed by atoms with E-state index >= 15 is 0 Å². The van der Waals surface area contributed by atoms with Gasteiger partial charge in [-0.2, -0.15) is 11.8 Å². The van der Waals surface area contributed by atoms with Gasteiger partial charge in [0, 0.05) is 23.6 Å². The number of pyridine rings is 1. The fourth-order valence-corrected chi connectivity index (χ4v) is 3.28. The first-order valence-electron chi connectivity index (χ1n) is 6.17. The van der Waals surface area contributed by atoms with E-state index in [1.54, 1.807) is 6.07 Å². The van der Waals surface area contributed by atoms with Crippen LogP contribution < -0.4 is 10.9 Å². The van der Waals surface area contributed by atoms with E-state index in [2.05, 4.69) is 16.6 Å². The minimum atomic E-state index is -0.192. The van der Waals surface area contributed by atoms with Crippen LogP contribution in [0.25, 0.3) is 0 Å². The van der Waals surface area contributed by atoms with Crippen molar-refractivity contribution in [3.05, 3.63) is 34.2 Å². The molecule has 1 fully saturated rings. The van der Waals surface area contributed by atoms with E-state index in [1.165, 1.54) is 37.9 Å². The molecular weight excluding hydrogens is 248 g/mol. The van der Waals surface area contributed by atoms with Crippen LogP contribution in [0.4, 0.5) is 0 Å². The summed E-state index contributed by atoms with van der Waals surface area (Å²) in [6, 6.07) is 2.92. The van der Waals surface area contributed by atoms with Crippen molar-refractivity contribution in [3.8, 4) is 0 Å². The number of hydrogen-bond donors (Lipinski definition) is 2. The van der Waals surface area contributed by atoms with E-state index in [0.717, 1.165) is 0 Å². The maximum Gasteiger partial charge on any atom is 0.252 e. The molecule has 1 amide bonds. The summed E-state index contributed by atoms with van der Waals surface area (Å²) in [4.78, 5) is 25.4. The molecule has 1 aliphatic rings. The first-order valence-corrected chi connectivity index (χ1v) is 7.40. The molecule has 0 spiro atoms. The first kappa shape index (κ1) is 13.2. The van der Waals surface area contributed by atoms with Gasteiger partial charge in [-0.15, -0.1) is 0 Å². The molecule has 1 saturated carbocycles. The quantitative estimate of drug-likeness (QED) is 0.873. The summed E-state index contributed by atoms with van der Waals surface area (Å²) < 4.78 is 0.206. The molecule has 0 aromatic carbocycles. The Morgan fingerprint density at radius 3 is 2.72 bits per heavy atom. The van der Waals surface area contributed by atoms with Gasteiger partial charge in [0.05, 0.1) is 5.56 Å². The maximum atomic E-state index is 11.9. The van der Waals surface area contributed by atoms with Crippen molar-refractivity contribution in [3.63, 3.8) is 0 Å². The number of aromatic nitrogens is 1. The van der Waals surface area contributed by atoms with Crippen molar-refractivity contribution in [2.24, 2.45) is 0 Å². The second-order valence-corrected chi connectivity index (χ2v) is 5.99. The molecule has 0 unspecified atom stereocenters. The molecule has 98 valence electrons. The third-order valence-corrected chi connectivity index (χ3v) is 4.98. The predicted octanol–water partition coefficient (Wildman–Crippen LogP) is 1.78. The van der Waals surface area contributed by atoms with E-state index in [0.29, 0.717) is 12.1 Å². The highest BCUT2D eigenvalue weighted by Crippen LogP contribution is 2.39. The Morgan fingerprint density at radius 1 is 1.44 bits per heavy atom. The van der Waals surface area contributed by atoms with Gasteiger partial charge in [0.25, 0.3) is 5.91 Å². The first-order chi connectivity index (χ1) is 8.65. The molecule has 4 nitrogen and oxygen atoms in total. The fraction of sp³-hybridized carbons (Fsp3) is 0.538. The molecule has 1 aromatic rings. The Balaban J connectivity index is 1.95. The minimum absolute atomic E-state index is 0.119. The zero-order valence-electron chi connectivity index (χ0n) is 10.5. The van der Waals surface area contributed by atoms with Crippen molar-refractivity contribution in [2.45, 2.75) is 30.4 Å². The van der Waals surface area contributed by atoms with E-state index < -0.39 is 0 Å². The zero-order chi connectivity index (χ0) is 13.0. The summed E-state index contributed by atoms with van der Waals surface area (Å²) in [7, 11) is 0. The molecular formula is C13H18N2O2S. The standard InChI is InChI=1S/C13H18N2O2S/c1-18-13(6-2-3-7-13)9-15-12(17)10-4-5-11(16)14-8-10/h4-5,8H,2-3,6-7,9H2,1H3,(H,14,16)(H,15,17). The van der Waals surface area contributed by atoms with Gasteiger partial charge in [0.1, 0.15) is 0 Å². The Bertz CT molecular complexity index is 458. The molecule has 18 heavy (non-hydrogen) atoms. The van der Waals surface area contributed by atoms with Gasteiger partial charge in [-0.3, -0.25) is 9.59 Å². The third kappa shape index (κ3) is 2.96. The molecule has 0 saturated heterocycles. The Morgan fingerprint density at radius 2 is 2.17 bits per heavy atom. The van der Waals surface area contributed by atoms with Crippen LogP contribution >= 0.6 is 11.8 Å². The van der Waals surface area contributed by atoms with Crippen LogP contribution in [-0.2, 0) is 0 Å². The molecule has 2 rings (SSSR count). The monoisotopic (exact) mass is 266 g/mol. The van der Waals surface area contributed by atoms with Crippen molar-refractivity contribution >= 4 is 17.7 Å². The summed E-state index contributed by atoms with van der Waals surface area (Å²) in [6.45, 7) is 0.701. The molecule has 1 aromatic heterocycles. The van der Waals surface area contributed by atoms with Crippen molar-refractivity contribution in [2.75, 3.05) is 12.8 Å². The van der Waals surface area contributed by atoms with Crippen LogP contribution in [0.15, 0.2) is 23.1 Å². The normalized spacial score (nSPS) is 17.6. The lowest BCUT2D eigenvalue weighted by Crippen LogP contribution is -2.38. The molecule has 0 bridgehead atoms. The lowest BCUT2D eigenvalue weighted by molar-refractivity contribution is 0.0949. The van der Waals surface area contributed by atoms with Gasteiger partial charge < -0.3 is 10.3 Å². The molecule has 5 heteroatoms. The third-order valence-electron chi connectivity index (χ3n) is 3.57. The average Bonchev–Trinajstić information content (AvgIpc) is 2.86. The van der Waals surface area contributed by atoms with Crippen LogP contribution in [0.2, 0.25) is 0 Å². The highest BCUT2D eigenvalue weighted by Gasteiger charge is 2.33. The lowest BCUT2D eigenvalue weighted by Gasteiger charge is -2.26. The van der Waals surface area contributed by atoms with E-state index in [-0.39, 0.29) is 16.2 Å². The highest BCUT2D eigenvalue weighted by molar-refractivity contribution is 8.00. The van der Waals surface area contributed by atoms with E-state index in [1.807, 2.05) is 11.8 Å². The molecule has 1 aliphatic carbocycles. The van der Waals surface area contributed by atoms with Gasteiger partial charge in [-0.05, 0) is 25.2 Å². The van der Waals surface area contributed by atoms with Crippen molar-refractivity contribution < 1.29 is 4.79 Å². The lowest BCUT2D eigenvalue weighted by atomic mass is 10.1. The molecule has 0 radical (unpaired) electrons. The van der Waals surface area contributed by atoms with Crippen LogP contribution in [-0.4, -0.2) is 28.4 Å². The summed E-state index contributed by atoms with van der Waals surface area (Å²) in [5, 5.41) is 2.97. The fourth-order valence-electron chi connectivity index (χ4n) is 2.37. The number of thioether (sulfide) groups is 1. The number of hydrogen-bond acceptors (Lipinski definition) is 3. The molecule has 0 aliphatic heterocycles. The van der Waals surface area contributed by atoms with Gasteiger partial charge in [0.2, 0.25) is 5.56 Å². The van der Waals surface area contributed by atoms with Gasteiger partial charge in [-0.1, -0.05) is 12.8 Å². The number of H-pyrrole nitrogens is 1. The molecule has 0 atom stereocenters. The topological polar surface area (TPSA) is 62.0 Å². The molecule has 2 N–H and O–H groups in total. The van der Waals surface area contributed by atoms with Crippen LogP contribution in [0.5, 0.6) is 0 Å². The van der Waals surface area contributed by atoms with Gasteiger partial charge >= 0.3 is 0 Å². The van der Waals surface area contributed by atoms with Gasteiger partial charge in [-0.25, -0.2) is 0 Å². The summed E-state index contributed by atoms with van der Waals surface area (Å²) in [5.41, 5.74) is 0.312. The largest absolute Gasteiger partial charge is 0.351 e. The predicted molar refractivity (Wildman–Crippen MR) is 74.1 cm³/mol. The maximum absolute atomic E-state index is 11.9. The number of carbonyl (C=O) groups excluding carboxylic acids is 1. The second-order valence-electron chi connectivity index (χ2n) is 4.72. The summed E-state index contributed by atoms with van der Waals surface area (Å²) in [5.74, 6) is -0.119. The van der Waals surface area contributed by atoms with E-state index in [9.17, 15) is 9.59 Å². The Kier molecular flexibility index (Phi) is 4.11. The minimum Gasteiger partial charge on any atom is -0.351 e. The highest BCUT2D eigenvalue weighted by atomic mass is 32.2. The second kappa shape index (κ2) is 5.61. The summed E-state index contributed by atoms with van der Waals surface area (Å²) >= 11 is 1.85. The van der Waals surface area contributed by atoms with Crippen LogP contribution in [0.3, 0.4) is 0 Å². The SMILES string of the molecule is CSC1(CNC(=O)c2ccc(=O)[nH]c2)CCCC1.